The molecule has 0 radical (unpaired) electrons. The summed E-state index contributed by atoms with van der Waals surface area (Å²) in [4.78, 5) is 16.4. The average Bonchev–Trinajstić information content (AvgIpc) is 3.14. The molecule has 2 N–H and O–H groups in total. The third-order valence-corrected chi connectivity index (χ3v) is 4.78. The van der Waals surface area contributed by atoms with Crippen LogP contribution in [0, 0.1) is 0 Å². The topological polar surface area (TPSA) is 79.9 Å². The maximum absolute atomic E-state index is 12.1. The van der Waals surface area contributed by atoms with E-state index in [9.17, 15) is 4.79 Å². The molecule has 3 rings (SSSR count). The Morgan fingerprint density at radius 3 is 2.63 bits per heavy atom. The van der Waals surface area contributed by atoms with Gasteiger partial charge < -0.3 is 10.1 Å². The molecular weight excluding hydrogens is 384 g/mol. The molecule has 27 heavy (non-hydrogen) atoms. The van der Waals surface area contributed by atoms with E-state index in [0.717, 1.165) is 12.1 Å². The van der Waals surface area contributed by atoms with Gasteiger partial charge in [0.15, 0.2) is 5.82 Å². The van der Waals surface area contributed by atoms with Gasteiger partial charge in [-0.25, -0.2) is 4.98 Å². The van der Waals surface area contributed by atoms with Crippen molar-refractivity contribution in [3.63, 3.8) is 0 Å². The molecule has 1 heterocycles. The Hall–Kier alpha value is -2.51. The van der Waals surface area contributed by atoms with Crippen molar-refractivity contribution in [1.29, 1.82) is 0 Å². The van der Waals surface area contributed by atoms with Crippen molar-refractivity contribution in [2.75, 3.05) is 11.1 Å². The molecule has 8 heteroatoms. The predicted octanol–water partition coefficient (Wildman–Crippen LogP) is 4.33. The Bertz CT molecular complexity index is 881. The van der Waals surface area contributed by atoms with Gasteiger partial charge in [0.2, 0.25) is 11.1 Å². The van der Waals surface area contributed by atoms with Gasteiger partial charge in [0.1, 0.15) is 12.4 Å². The summed E-state index contributed by atoms with van der Waals surface area (Å²) in [5, 5.41) is 10.9. The SMILES string of the molecule is CCc1ccc(NC(=O)CSc2n[nH]c(COc3ccc(Cl)cc3)n2)cc1. The second kappa shape index (κ2) is 9.43. The van der Waals surface area contributed by atoms with Crippen LogP contribution >= 0.6 is 23.4 Å². The van der Waals surface area contributed by atoms with Crippen molar-refractivity contribution in [2.24, 2.45) is 0 Å². The summed E-state index contributed by atoms with van der Waals surface area (Å²) in [6.07, 6.45) is 0.971. The summed E-state index contributed by atoms with van der Waals surface area (Å²) in [6.45, 7) is 2.35. The molecule has 0 aliphatic carbocycles. The Morgan fingerprint density at radius 1 is 1.19 bits per heavy atom. The molecule has 0 fully saturated rings. The van der Waals surface area contributed by atoms with Gasteiger partial charge in [0, 0.05) is 10.7 Å². The van der Waals surface area contributed by atoms with Gasteiger partial charge in [-0.15, -0.1) is 5.10 Å². The first-order chi connectivity index (χ1) is 13.1. The highest BCUT2D eigenvalue weighted by molar-refractivity contribution is 7.99. The highest BCUT2D eigenvalue weighted by Gasteiger charge is 2.09. The maximum atomic E-state index is 12.1. The number of halogens is 1. The van der Waals surface area contributed by atoms with Gasteiger partial charge in [-0.3, -0.25) is 9.89 Å². The van der Waals surface area contributed by atoms with Gasteiger partial charge in [-0.1, -0.05) is 42.4 Å². The van der Waals surface area contributed by atoms with Crippen LogP contribution in [-0.4, -0.2) is 26.8 Å². The second-order valence-electron chi connectivity index (χ2n) is 5.69. The van der Waals surface area contributed by atoms with Crippen LogP contribution in [0.2, 0.25) is 5.02 Å². The lowest BCUT2D eigenvalue weighted by Gasteiger charge is -2.05. The Morgan fingerprint density at radius 2 is 1.93 bits per heavy atom. The second-order valence-corrected chi connectivity index (χ2v) is 7.07. The molecule has 0 atom stereocenters. The fraction of sp³-hybridized carbons (Fsp3) is 0.211. The van der Waals surface area contributed by atoms with Crippen molar-refractivity contribution in [3.8, 4) is 5.75 Å². The zero-order valence-electron chi connectivity index (χ0n) is 14.7. The number of amides is 1. The first-order valence-corrected chi connectivity index (χ1v) is 9.80. The van der Waals surface area contributed by atoms with Crippen LogP contribution in [0.4, 0.5) is 5.69 Å². The largest absolute Gasteiger partial charge is 0.486 e. The molecule has 1 amide bonds. The van der Waals surface area contributed by atoms with Crippen LogP contribution in [0.1, 0.15) is 18.3 Å². The van der Waals surface area contributed by atoms with Gasteiger partial charge in [-0.2, -0.15) is 0 Å². The Balaban J connectivity index is 1.44. The van der Waals surface area contributed by atoms with Crippen LogP contribution in [0.3, 0.4) is 0 Å². The van der Waals surface area contributed by atoms with E-state index in [4.69, 9.17) is 16.3 Å². The molecule has 6 nitrogen and oxygen atoms in total. The number of hydrogen-bond donors (Lipinski definition) is 2. The average molecular weight is 403 g/mol. The van der Waals surface area contributed by atoms with Gasteiger partial charge >= 0.3 is 0 Å². The van der Waals surface area contributed by atoms with Crippen molar-refractivity contribution in [1.82, 2.24) is 15.2 Å². The molecule has 1 aromatic heterocycles. The molecule has 2 aromatic carbocycles. The molecule has 0 unspecified atom stereocenters. The zero-order valence-corrected chi connectivity index (χ0v) is 16.3. The lowest BCUT2D eigenvalue weighted by Crippen LogP contribution is -2.14. The van der Waals surface area contributed by atoms with Crippen LogP contribution < -0.4 is 10.1 Å². The Kier molecular flexibility index (Phi) is 6.73. The number of carbonyl (C=O) groups excluding carboxylic acids is 1. The number of H-pyrrole nitrogens is 1. The summed E-state index contributed by atoms with van der Waals surface area (Å²) >= 11 is 7.10. The van der Waals surface area contributed by atoms with Crippen molar-refractivity contribution < 1.29 is 9.53 Å². The fourth-order valence-electron chi connectivity index (χ4n) is 2.24. The summed E-state index contributed by atoms with van der Waals surface area (Å²) < 4.78 is 5.60. The summed E-state index contributed by atoms with van der Waals surface area (Å²) in [5.41, 5.74) is 2.02. The van der Waals surface area contributed by atoms with E-state index in [2.05, 4.69) is 27.4 Å². The van der Waals surface area contributed by atoms with Crippen LogP contribution in [-0.2, 0) is 17.8 Å². The maximum Gasteiger partial charge on any atom is 0.234 e. The molecule has 3 aromatic rings. The molecule has 0 aliphatic heterocycles. The lowest BCUT2D eigenvalue weighted by molar-refractivity contribution is -0.113. The van der Waals surface area contributed by atoms with Crippen LogP contribution in [0.5, 0.6) is 5.75 Å². The van der Waals surface area contributed by atoms with E-state index in [1.165, 1.54) is 17.3 Å². The van der Waals surface area contributed by atoms with E-state index in [-0.39, 0.29) is 18.3 Å². The summed E-state index contributed by atoms with van der Waals surface area (Å²) in [5.74, 6) is 1.40. The number of aryl methyl sites for hydroxylation is 1. The normalized spacial score (nSPS) is 10.6. The molecule has 140 valence electrons. The first-order valence-electron chi connectivity index (χ1n) is 8.43. The molecule has 0 saturated heterocycles. The number of benzene rings is 2. The molecule has 0 saturated carbocycles. The molecular formula is C19H19ClN4O2S. The number of rotatable bonds is 8. The number of carbonyl (C=O) groups is 1. The third kappa shape index (κ3) is 6.01. The van der Waals surface area contributed by atoms with Gasteiger partial charge in [0.25, 0.3) is 0 Å². The van der Waals surface area contributed by atoms with E-state index < -0.39 is 0 Å². The number of ether oxygens (including phenoxy) is 1. The molecule has 0 bridgehead atoms. The summed E-state index contributed by atoms with van der Waals surface area (Å²) in [7, 11) is 0. The fourth-order valence-corrected chi connectivity index (χ4v) is 2.98. The number of anilines is 1. The minimum absolute atomic E-state index is 0.104. The third-order valence-electron chi connectivity index (χ3n) is 3.68. The highest BCUT2D eigenvalue weighted by Crippen LogP contribution is 2.18. The number of aromatic nitrogens is 3. The number of aromatic amines is 1. The standard InChI is InChI=1S/C19H19ClN4O2S/c1-2-13-3-7-15(8-4-13)21-18(25)12-27-19-22-17(23-24-19)11-26-16-9-5-14(20)6-10-16/h3-10H,2,11-12H2,1H3,(H,21,25)(H,22,23,24). The van der Waals surface area contributed by atoms with E-state index in [1.807, 2.05) is 24.3 Å². The van der Waals surface area contributed by atoms with E-state index in [0.29, 0.717) is 21.8 Å². The van der Waals surface area contributed by atoms with Crippen molar-refractivity contribution in [3.05, 3.63) is 64.9 Å². The van der Waals surface area contributed by atoms with Crippen LogP contribution in [0.15, 0.2) is 53.7 Å². The Labute approximate surface area is 166 Å². The number of thioether (sulfide) groups is 1. The van der Waals surface area contributed by atoms with Gasteiger partial charge in [0.05, 0.1) is 5.75 Å². The first kappa shape index (κ1) is 19.3. The molecule has 0 spiro atoms. The number of nitrogens with zero attached hydrogens (tertiary/aromatic N) is 2. The van der Waals surface area contributed by atoms with E-state index in [1.54, 1.807) is 24.3 Å². The predicted molar refractivity (Wildman–Crippen MR) is 107 cm³/mol. The minimum atomic E-state index is -0.104. The minimum Gasteiger partial charge on any atom is -0.486 e. The van der Waals surface area contributed by atoms with Crippen molar-refractivity contribution in [2.45, 2.75) is 25.1 Å². The smallest absolute Gasteiger partial charge is 0.234 e. The number of nitrogens with one attached hydrogen (secondary N) is 2. The van der Waals surface area contributed by atoms with E-state index >= 15 is 0 Å². The monoisotopic (exact) mass is 402 g/mol. The zero-order chi connectivity index (χ0) is 19.1. The quantitative estimate of drug-likeness (QED) is 0.548. The summed E-state index contributed by atoms with van der Waals surface area (Å²) in [6, 6.07) is 14.9. The van der Waals surface area contributed by atoms with Gasteiger partial charge in [-0.05, 0) is 48.4 Å². The van der Waals surface area contributed by atoms with Crippen LogP contribution in [0.25, 0.3) is 0 Å². The lowest BCUT2D eigenvalue weighted by atomic mass is 10.1. The highest BCUT2D eigenvalue weighted by atomic mass is 35.5. The van der Waals surface area contributed by atoms with Crippen molar-refractivity contribution >= 4 is 35.0 Å². The molecule has 0 aliphatic rings. The number of hydrogen-bond acceptors (Lipinski definition) is 5.